The molecule has 0 heterocycles. The van der Waals surface area contributed by atoms with Gasteiger partial charge in [-0.3, -0.25) is 9.69 Å². The molecule has 0 radical (unpaired) electrons. The summed E-state index contributed by atoms with van der Waals surface area (Å²) in [5.41, 5.74) is 2.34. The van der Waals surface area contributed by atoms with E-state index in [9.17, 15) is 4.79 Å². The Morgan fingerprint density at radius 1 is 0.955 bits per heavy atom. The van der Waals surface area contributed by atoms with Crippen LogP contribution in [0.5, 0.6) is 0 Å². The molecular weight excluding hydrogens is 272 g/mol. The summed E-state index contributed by atoms with van der Waals surface area (Å²) >= 11 is 0. The molecule has 0 saturated carbocycles. The van der Waals surface area contributed by atoms with Crippen molar-refractivity contribution in [1.82, 2.24) is 10.2 Å². The van der Waals surface area contributed by atoms with Gasteiger partial charge in [-0.15, -0.1) is 0 Å². The van der Waals surface area contributed by atoms with E-state index in [0.717, 1.165) is 5.56 Å². The largest absolute Gasteiger partial charge is 0.348 e. The van der Waals surface area contributed by atoms with Crippen molar-refractivity contribution in [1.29, 1.82) is 0 Å². The second-order valence-corrected chi connectivity index (χ2v) is 5.70. The van der Waals surface area contributed by atoms with Crippen LogP contribution in [0.25, 0.3) is 0 Å². The van der Waals surface area contributed by atoms with Crippen molar-refractivity contribution in [3.8, 4) is 0 Å². The fourth-order valence-electron chi connectivity index (χ4n) is 2.46. The molecule has 0 aromatic heterocycles. The summed E-state index contributed by atoms with van der Waals surface area (Å²) in [6.45, 7) is 4.50. The van der Waals surface area contributed by atoms with Crippen LogP contribution in [-0.2, 0) is 4.79 Å². The van der Waals surface area contributed by atoms with Crippen molar-refractivity contribution in [2.24, 2.45) is 0 Å². The van der Waals surface area contributed by atoms with E-state index in [1.165, 1.54) is 5.56 Å². The Labute approximate surface area is 133 Å². The topological polar surface area (TPSA) is 32.3 Å². The maximum absolute atomic E-state index is 12.2. The Morgan fingerprint density at radius 2 is 1.45 bits per heavy atom. The normalized spacial score (nSPS) is 13.6. The number of carbonyl (C=O) groups is 1. The molecule has 0 aliphatic heterocycles. The lowest BCUT2D eigenvalue weighted by Crippen LogP contribution is -2.37. The number of benzene rings is 2. The Hall–Kier alpha value is -2.13. The van der Waals surface area contributed by atoms with Crippen molar-refractivity contribution in [2.45, 2.75) is 25.9 Å². The highest BCUT2D eigenvalue weighted by molar-refractivity contribution is 5.78. The van der Waals surface area contributed by atoms with E-state index in [1.807, 2.05) is 62.5 Å². The molecular formula is C19H24N2O. The van der Waals surface area contributed by atoms with Crippen LogP contribution in [0.15, 0.2) is 60.7 Å². The summed E-state index contributed by atoms with van der Waals surface area (Å²) in [6, 6.07) is 20.5. The molecule has 0 spiro atoms. The predicted molar refractivity (Wildman–Crippen MR) is 90.5 cm³/mol. The van der Waals surface area contributed by atoms with Gasteiger partial charge in [0, 0.05) is 6.04 Å². The Morgan fingerprint density at radius 3 is 2.00 bits per heavy atom. The maximum Gasteiger partial charge on any atom is 0.234 e. The first-order valence-electron chi connectivity index (χ1n) is 7.67. The van der Waals surface area contributed by atoms with E-state index in [1.54, 1.807) is 0 Å². The molecule has 1 N–H and O–H groups in total. The van der Waals surface area contributed by atoms with Gasteiger partial charge in [0.05, 0.1) is 12.6 Å². The van der Waals surface area contributed by atoms with Gasteiger partial charge in [-0.05, 0) is 32.0 Å². The van der Waals surface area contributed by atoms with E-state index in [4.69, 9.17) is 0 Å². The third-order valence-corrected chi connectivity index (χ3v) is 4.01. The van der Waals surface area contributed by atoms with Crippen molar-refractivity contribution < 1.29 is 4.79 Å². The molecule has 116 valence electrons. The van der Waals surface area contributed by atoms with E-state index in [2.05, 4.69) is 29.3 Å². The molecule has 0 aliphatic carbocycles. The highest BCUT2D eigenvalue weighted by atomic mass is 16.2. The smallest absolute Gasteiger partial charge is 0.234 e. The van der Waals surface area contributed by atoms with Gasteiger partial charge < -0.3 is 5.32 Å². The lowest BCUT2D eigenvalue weighted by Gasteiger charge is -2.25. The fraction of sp³-hybridized carbons (Fsp3) is 0.316. The summed E-state index contributed by atoms with van der Waals surface area (Å²) in [5, 5.41) is 3.05. The average molecular weight is 296 g/mol. The minimum Gasteiger partial charge on any atom is -0.348 e. The van der Waals surface area contributed by atoms with Gasteiger partial charge in [0.25, 0.3) is 0 Å². The molecule has 0 saturated heterocycles. The number of nitrogens with zero attached hydrogens (tertiary/aromatic N) is 1. The lowest BCUT2D eigenvalue weighted by molar-refractivity contribution is -0.123. The SMILES string of the molecule is CC(NC(=O)CN(C)C(C)c1ccccc1)c1ccccc1. The molecule has 2 aromatic carbocycles. The van der Waals surface area contributed by atoms with Crippen LogP contribution in [0.4, 0.5) is 0 Å². The van der Waals surface area contributed by atoms with Crippen LogP contribution >= 0.6 is 0 Å². The number of hydrogen-bond acceptors (Lipinski definition) is 2. The van der Waals surface area contributed by atoms with Crippen LogP contribution in [0.2, 0.25) is 0 Å². The first kappa shape index (κ1) is 16.2. The van der Waals surface area contributed by atoms with Gasteiger partial charge in [0.2, 0.25) is 5.91 Å². The number of nitrogens with one attached hydrogen (secondary N) is 1. The van der Waals surface area contributed by atoms with Crippen molar-refractivity contribution in [3.63, 3.8) is 0 Å². The quantitative estimate of drug-likeness (QED) is 0.884. The van der Waals surface area contributed by atoms with Crippen molar-refractivity contribution in [2.75, 3.05) is 13.6 Å². The van der Waals surface area contributed by atoms with Crippen LogP contribution in [0.3, 0.4) is 0 Å². The first-order valence-corrected chi connectivity index (χ1v) is 7.67. The van der Waals surface area contributed by atoms with E-state index in [0.29, 0.717) is 6.54 Å². The molecule has 3 nitrogen and oxygen atoms in total. The first-order chi connectivity index (χ1) is 10.6. The van der Waals surface area contributed by atoms with Gasteiger partial charge in [-0.2, -0.15) is 0 Å². The summed E-state index contributed by atoms with van der Waals surface area (Å²) < 4.78 is 0. The summed E-state index contributed by atoms with van der Waals surface area (Å²) in [6.07, 6.45) is 0. The highest BCUT2D eigenvalue weighted by Gasteiger charge is 2.16. The average Bonchev–Trinajstić information content (AvgIpc) is 2.55. The maximum atomic E-state index is 12.2. The molecule has 0 fully saturated rings. The van der Waals surface area contributed by atoms with Crippen molar-refractivity contribution in [3.05, 3.63) is 71.8 Å². The molecule has 1 amide bonds. The second kappa shape index (κ2) is 7.76. The molecule has 2 atom stereocenters. The van der Waals surface area contributed by atoms with Gasteiger partial charge >= 0.3 is 0 Å². The third kappa shape index (κ3) is 4.43. The number of carbonyl (C=O) groups excluding carboxylic acids is 1. The van der Waals surface area contributed by atoms with E-state index < -0.39 is 0 Å². The highest BCUT2D eigenvalue weighted by Crippen LogP contribution is 2.18. The van der Waals surface area contributed by atoms with Crippen LogP contribution in [0, 0.1) is 0 Å². The predicted octanol–water partition coefficient (Wildman–Crippen LogP) is 3.56. The van der Waals surface area contributed by atoms with Crippen LogP contribution in [0.1, 0.15) is 37.1 Å². The van der Waals surface area contributed by atoms with Crippen LogP contribution < -0.4 is 5.32 Å². The molecule has 22 heavy (non-hydrogen) atoms. The molecule has 2 unspecified atom stereocenters. The van der Waals surface area contributed by atoms with Gasteiger partial charge in [-0.25, -0.2) is 0 Å². The Balaban J connectivity index is 1.89. The van der Waals surface area contributed by atoms with Gasteiger partial charge in [0.1, 0.15) is 0 Å². The molecule has 3 heteroatoms. The van der Waals surface area contributed by atoms with Crippen molar-refractivity contribution >= 4 is 5.91 Å². The van der Waals surface area contributed by atoms with E-state index >= 15 is 0 Å². The number of hydrogen-bond donors (Lipinski definition) is 1. The fourth-order valence-corrected chi connectivity index (χ4v) is 2.46. The van der Waals surface area contributed by atoms with Crippen LogP contribution in [-0.4, -0.2) is 24.4 Å². The molecule has 0 aliphatic rings. The van der Waals surface area contributed by atoms with E-state index in [-0.39, 0.29) is 18.0 Å². The van der Waals surface area contributed by atoms with Gasteiger partial charge in [0.15, 0.2) is 0 Å². The number of likely N-dealkylation sites (N-methyl/N-ethyl adjacent to an activating group) is 1. The lowest BCUT2D eigenvalue weighted by atomic mass is 10.1. The van der Waals surface area contributed by atoms with Gasteiger partial charge in [-0.1, -0.05) is 60.7 Å². The number of rotatable bonds is 6. The molecule has 2 rings (SSSR count). The monoisotopic (exact) mass is 296 g/mol. The standard InChI is InChI=1S/C19H24N2O/c1-15(17-10-6-4-7-11-17)20-19(22)14-21(3)16(2)18-12-8-5-9-13-18/h4-13,15-16H,14H2,1-3H3,(H,20,22). The summed E-state index contributed by atoms with van der Waals surface area (Å²) in [5.74, 6) is 0.0432. The minimum absolute atomic E-state index is 0.0223. The Kier molecular flexibility index (Phi) is 5.73. The third-order valence-electron chi connectivity index (χ3n) is 4.01. The zero-order valence-corrected chi connectivity index (χ0v) is 13.5. The molecule has 0 bridgehead atoms. The Bertz CT molecular complexity index is 583. The second-order valence-electron chi connectivity index (χ2n) is 5.70. The zero-order chi connectivity index (χ0) is 15.9. The summed E-state index contributed by atoms with van der Waals surface area (Å²) in [4.78, 5) is 14.3. The minimum atomic E-state index is 0.0223. The summed E-state index contributed by atoms with van der Waals surface area (Å²) in [7, 11) is 1.98. The molecule has 2 aromatic rings. The zero-order valence-electron chi connectivity index (χ0n) is 13.5. The number of amides is 1.